The Kier molecular flexibility index (Phi) is 4.73. The molecule has 1 aromatic heterocycles. The maximum atomic E-state index is 5.52. The molecular weight excluding hydrogens is 228 g/mol. The molecule has 1 rings (SSSR count). The van der Waals surface area contributed by atoms with Gasteiger partial charge in [0, 0.05) is 12.1 Å². The molecule has 0 spiro atoms. The van der Waals surface area contributed by atoms with E-state index >= 15 is 0 Å². The number of nitrogens with one attached hydrogen (secondary N) is 2. The van der Waals surface area contributed by atoms with Crippen LogP contribution < -0.4 is 10.6 Å². The molecule has 104 valence electrons. The van der Waals surface area contributed by atoms with Crippen LogP contribution in [0.15, 0.2) is 4.42 Å². The lowest BCUT2D eigenvalue weighted by Crippen LogP contribution is -2.35. The summed E-state index contributed by atoms with van der Waals surface area (Å²) in [6, 6.07) is 0.502. The van der Waals surface area contributed by atoms with Crippen molar-refractivity contribution in [2.45, 2.75) is 60.0 Å². The van der Waals surface area contributed by atoms with Gasteiger partial charge in [-0.25, -0.2) is 0 Å². The van der Waals surface area contributed by atoms with Gasteiger partial charge in [0.05, 0.1) is 6.54 Å². The summed E-state index contributed by atoms with van der Waals surface area (Å²) in [6.45, 7) is 14.3. The molecule has 1 aromatic rings. The lowest BCUT2D eigenvalue weighted by Gasteiger charge is -2.21. The van der Waals surface area contributed by atoms with Crippen LogP contribution in [-0.4, -0.2) is 22.3 Å². The topological polar surface area (TPSA) is 63.0 Å². The van der Waals surface area contributed by atoms with Gasteiger partial charge in [0.25, 0.3) is 0 Å². The fourth-order valence-corrected chi connectivity index (χ4v) is 1.18. The Balaban J connectivity index is 2.44. The van der Waals surface area contributed by atoms with Gasteiger partial charge in [0.2, 0.25) is 5.89 Å². The SMILES string of the molecule is CCC(C)(C)CNc1nnc(CNC(C)(C)C)o1. The molecule has 2 N–H and O–H groups in total. The standard InChI is InChI=1S/C13H26N4O/c1-7-13(5,6)9-14-11-17-16-10(18-11)8-15-12(2,3)4/h15H,7-9H2,1-6H3,(H,14,17). The number of hydrogen-bond donors (Lipinski definition) is 2. The fraction of sp³-hybridized carbons (Fsp3) is 0.846. The molecule has 5 nitrogen and oxygen atoms in total. The Labute approximate surface area is 110 Å². The van der Waals surface area contributed by atoms with Crippen LogP contribution in [0.3, 0.4) is 0 Å². The van der Waals surface area contributed by atoms with Crippen molar-refractivity contribution in [1.29, 1.82) is 0 Å². The summed E-state index contributed by atoms with van der Waals surface area (Å²) in [6.07, 6.45) is 1.10. The molecular formula is C13H26N4O. The van der Waals surface area contributed by atoms with Crippen molar-refractivity contribution in [3.05, 3.63) is 5.89 Å². The van der Waals surface area contributed by atoms with Gasteiger partial charge >= 0.3 is 6.01 Å². The summed E-state index contributed by atoms with van der Waals surface area (Å²) in [5.41, 5.74) is 0.282. The highest BCUT2D eigenvalue weighted by molar-refractivity contribution is 5.17. The van der Waals surface area contributed by atoms with E-state index in [-0.39, 0.29) is 11.0 Å². The van der Waals surface area contributed by atoms with E-state index in [1.807, 2.05) is 0 Å². The number of aromatic nitrogens is 2. The number of anilines is 1. The molecule has 0 aliphatic rings. The van der Waals surface area contributed by atoms with Gasteiger partial charge in [0.1, 0.15) is 0 Å². The third-order valence-electron chi connectivity index (χ3n) is 2.91. The van der Waals surface area contributed by atoms with Gasteiger partial charge in [-0.2, -0.15) is 0 Å². The highest BCUT2D eigenvalue weighted by atomic mass is 16.4. The molecule has 5 heteroatoms. The average molecular weight is 254 g/mol. The number of rotatable bonds is 6. The largest absolute Gasteiger partial charge is 0.407 e. The molecule has 0 unspecified atom stereocenters. The van der Waals surface area contributed by atoms with Crippen molar-refractivity contribution in [3.63, 3.8) is 0 Å². The van der Waals surface area contributed by atoms with Gasteiger partial charge in [-0.3, -0.25) is 0 Å². The molecule has 0 bridgehead atoms. The van der Waals surface area contributed by atoms with E-state index in [4.69, 9.17) is 4.42 Å². The predicted molar refractivity (Wildman–Crippen MR) is 73.5 cm³/mol. The summed E-state index contributed by atoms with van der Waals surface area (Å²) < 4.78 is 5.52. The van der Waals surface area contributed by atoms with Gasteiger partial charge in [0.15, 0.2) is 0 Å². The zero-order chi connectivity index (χ0) is 13.8. The zero-order valence-corrected chi connectivity index (χ0v) is 12.4. The number of nitrogens with zero attached hydrogens (tertiary/aromatic N) is 2. The van der Waals surface area contributed by atoms with Crippen LogP contribution in [-0.2, 0) is 6.54 Å². The van der Waals surface area contributed by atoms with Crippen LogP contribution in [0.2, 0.25) is 0 Å². The maximum absolute atomic E-state index is 5.52. The van der Waals surface area contributed by atoms with E-state index in [0.717, 1.165) is 13.0 Å². The summed E-state index contributed by atoms with van der Waals surface area (Å²) in [4.78, 5) is 0. The fourth-order valence-electron chi connectivity index (χ4n) is 1.18. The Morgan fingerprint density at radius 2 is 1.78 bits per heavy atom. The minimum absolute atomic E-state index is 0.0479. The van der Waals surface area contributed by atoms with Crippen molar-refractivity contribution in [2.75, 3.05) is 11.9 Å². The van der Waals surface area contributed by atoms with E-state index in [1.165, 1.54) is 0 Å². The highest BCUT2D eigenvalue weighted by Gasteiger charge is 2.17. The second kappa shape index (κ2) is 5.69. The highest BCUT2D eigenvalue weighted by Crippen LogP contribution is 2.20. The van der Waals surface area contributed by atoms with Gasteiger partial charge in [-0.05, 0) is 32.6 Å². The Hall–Kier alpha value is -1.10. The zero-order valence-electron chi connectivity index (χ0n) is 12.4. The monoisotopic (exact) mass is 254 g/mol. The molecule has 0 saturated heterocycles. The minimum Gasteiger partial charge on any atom is -0.407 e. The summed E-state index contributed by atoms with van der Waals surface area (Å²) >= 11 is 0. The Morgan fingerprint density at radius 1 is 1.11 bits per heavy atom. The first-order valence-corrected chi connectivity index (χ1v) is 6.53. The second-order valence-electron chi connectivity index (χ2n) is 6.48. The summed E-state index contributed by atoms with van der Waals surface area (Å²) in [5.74, 6) is 0.613. The molecule has 0 fully saturated rings. The lowest BCUT2D eigenvalue weighted by atomic mass is 9.90. The van der Waals surface area contributed by atoms with Gasteiger partial charge in [-0.15, -0.1) is 5.10 Å². The average Bonchev–Trinajstić information content (AvgIpc) is 2.71. The molecule has 0 saturated carbocycles. The van der Waals surface area contributed by atoms with Gasteiger partial charge < -0.3 is 15.1 Å². The molecule has 0 atom stereocenters. The normalized spacial score (nSPS) is 12.8. The van der Waals surface area contributed by atoms with E-state index < -0.39 is 0 Å². The minimum atomic E-state index is 0.0479. The third-order valence-corrected chi connectivity index (χ3v) is 2.91. The van der Waals surface area contributed by atoms with Crippen LogP contribution in [0.4, 0.5) is 6.01 Å². The van der Waals surface area contributed by atoms with Crippen molar-refractivity contribution < 1.29 is 4.42 Å². The first-order valence-electron chi connectivity index (χ1n) is 6.53. The van der Waals surface area contributed by atoms with Crippen molar-refractivity contribution >= 4 is 6.01 Å². The second-order valence-corrected chi connectivity index (χ2v) is 6.48. The molecule has 0 aliphatic carbocycles. The van der Waals surface area contributed by atoms with Crippen LogP contribution in [0.1, 0.15) is 53.9 Å². The van der Waals surface area contributed by atoms with Crippen LogP contribution >= 0.6 is 0 Å². The van der Waals surface area contributed by atoms with Gasteiger partial charge in [-0.1, -0.05) is 25.9 Å². The lowest BCUT2D eigenvalue weighted by molar-refractivity contribution is 0.365. The smallest absolute Gasteiger partial charge is 0.315 e. The summed E-state index contributed by atoms with van der Waals surface area (Å²) in [5, 5.41) is 14.5. The molecule has 18 heavy (non-hydrogen) atoms. The van der Waals surface area contributed by atoms with E-state index in [2.05, 4.69) is 62.4 Å². The van der Waals surface area contributed by atoms with E-state index in [0.29, 0.717) is 18.5 Å². The molecule has 1 heterocycles. The number of hydrogen-bond acceptors (Lipinski definition) is 5. The van der Waals surface area contributed by atoms with Crippen LogP contribution in [0.25, 0.3) is 0 Å². The molecule has 0 radical (unpaired) electrons. The first kappa shape index (κ1) is 15.0. The van der Waals surface area contributed by atoms with Crippen molar-refractivity contribution in [3.8, 4) is 0 Å². The quantitative estimate of drug-likeness (QED) is 0.817. The molecule has 0 amide bonds. The Bertz CT molecular complexity index is 365. The van der Waals surface area contributed by atoms with Crippen molar-refractivity contribution in [2.24, 2.45) is 5.41 Å². The summed E-state index contributed by atoms with van der Waals surface area (Å²) in [7, 11) is 0. The van der Waals surface area contributed by atoms with Crippen LogP contribution in [0, 0.1) is 5.41 Å². The Morgan fingerprint density at radius 3 is 2.33 bits per heavy atom. The first-order chi connectivity index (χ1) is 8.22. The van der Waals surface area contributed by atoms with Crippen LogP contribution in [0.5, 0.6) is 0 Å². The molecule has 0 aliphatic heterocycles. The van der Waals surface area contributed by atoms with Crippen molar-refractivity contribution in [1.82, 2.24) is 15.5 Å². The third kappa shape index (κ3) is 5.49. The van der Waals surface area contributed by atoms with E-state index in [9.17, 15) is 0 Å². The predicted octanol–water partition coefficient (Wildman–Crippen LogP) is 2.81. The molecule has 0 aromatic carbocycles. The maximum Gasteiger partial charge on any atom is 0.315 e. The van der Waals surface area contributed by atoms with E-state index in [1.54, 1.807) is 0 Å².